The molecule has 0 atom stereocenters. The van der Waals surface area contributed by atoms with Gasteiger partial charge in [-0.25, -0.2) is 4.39 Å². The van der Waals surface area contributed by atoms with Crippen molar-refractivity contribution >= 4 is 29.1 Å². The van der Waals surface area contributed by atoms with Crippen molar-refractivity contribution in [2.75, 3.05) is 11.9 Å². The molecule has 2 N–H and O–H groups in total. The molecule has 25 heavy (non-hydrogen) atoms. The summed E-state index contributed by atoms with van der Waals surface area (Å²) in [6.07, 6.45) is 1.67. The van der Waals surface area contributed by atoms with Crippen LogP contribution in [0.3, 0.4) is 0 Å². The Balaban J connectivity index is 1.53. The summed E-state index contributed by atoms with van der Waals surface area (Å²) in [5.74, 6) is -0.994. The molecule has 0 aromatic heterocycles. The van der Waals surface area contributed by atoms with E-state index >= 15 is 0 Å². The Morgan fingerprint density at radius 1 is 1.08 bits per heavy atom. The Bertz CT molecular complexity index is 788. The van der Waals surface area contributed by atoms with E-state index in [0.717, 1.165) is 5.56 Å². The van der Waals surface area contributed by atoms with Gasteiger partial charge in [-0.2, -0.15) is 0 Å². The zero-order chi connectivity index (χ0) is 17.9. The highest BCUT2D eigenvalue weighted by Crippen LogP contribution is 2.46. The second kappa shape index (κ2) is 7.23. The van der Waals surface area contributed by atoms with Gasteiger partial charge in [-0.3, -0.25) is 9.59 Å². The number of benzene rings is 2. The third kappa shape index (κ3) is 4.17. The van der Waals surface area contributed by atoms with Gasteiger partial charge in [0.25, 0.3) is 0 Å². The van der Waals surface area contributed by atoms with Gasteiger partial charge >= 0.3 is 0 Å². The fraction of sp³-hybridized carbons (Fsp3) is 0.263. The minimum absolute atomic E-state index is 0.269. The average molecular weight is 361 g/mol. The fourth-order valence-electron chi connectivity index (χ4n) is 2.65. The van der Waals surface area contributed by atoms with Gasteiger partial charge in [0.2, 0.25) is 11.8 Å². The number of hydrogen-bond acceptors (Lipinski definition) is 2. The van der Waals surface area contributed by atoms with Crippen LogP contribution < -0.4 is 10.6 Å². The van der Waals surface area contributed by atoms with Gasteiger partial charge in [-0.1, -0.05) is 23.7 Å². The lowest BCUT2D eigenvalue weighted by Gasteiger charge is -2.15. The first-order valence-corrected chi connectivity index (χ1v) is 8.47. The predicted octanol–water partition coefficient (Wildman–Crippen LogP) is 3.56. The van der Waals surface area contributed by atoms with Crippen LogP contribution in [0.15, 0.2) is 48.5 Å². The number of rotatable bonds is 6. The first kappa shape index (κ1) is 17.4. The van der Waals surface area contributed by atoms with Gasteiger partial charge in [0.15, 0.2) is 0 Å². The molecule has 0 bridgehead atoms. The molecule has 1 aliphatic rings. The van der Waals surface area contributed by atoms with Crippen molar-refractivity contribution in [2.45, 2.75) is 19.3 Å². The number of nitrogens with one attached hydrogen (secondary N) is 2. The molecule has 130 valence electrons. The Kier molecular flexibility index (Phi) is 5.04. The molecular formula is C19H18ClFN2O2. The van der Waals surface area contributed by atoms with Crippen LogP contribution >= 0.6 is 11.6 Å². The standard InChI is InChI=1S/C19H18ClFN2O2/c20-14-3-1-2-13(12-14)8-11-22-17(24)19(9-10-19)18(25)23-16-6-4-15(21)5-7-16/h1-7,12H,8-11H2,(H,22,24)(H,23,25). The molecule has 0 heterocycles. The quantitative estimate of drug-likeness (QED) is 0.774. The summed E-state index contributed by atoms with van der Waals surface area (Å²) in [5, 5.41) is 6.16. The molecule has 2 amide bonds. The van der Waals surface area contributed by atoms with Crippen LogP contribution in [0.4, 0.5) is 10.1 Å². The van der Waals surface area contributed by atoms with E-state index in [9.17, 15) is 14.0 Å². The topological polar surface area (TPSA) is 58.2 Å². The number of anilines is 1. The molecule has 1 fully saturated rings. The van der Waals surface area contributed by atoms with E-state index in [1.807, 2.05) is 18.2 Å². The summed E-state index contributed by atoms with van der Waals surface area (Å²) in [6, 6.07) is 12.9. The smallest absolute Gasteiger partial charge is 0.240 e. The van der Waals surface area contributed by atoms with E-state index in [2.05, 4.69) is 10.6 Å². The van der Waals surface area contributed by atoms with E-state index in [1.165, 1.54) is 24.3 Å². The molecule has 6 heteroatoms. The third-order valence-electron chi connectivity index (χ3n) is 4.31. The van der Waals surface area contributed by atoms with E-state index in [4.69, 9.17) is 11.6 Å². The maximum atomic E-state index is 12.9. The van der Waals surface area contributed by atoms with Crippen LogP contribution in [0.5, 0.6) is 0 Å². The molecule has 1 saturated carbocycles. The van der Waals surface area contributed by atoms with Crippen molar-refractivity contribution in [3.05, 3.63) is 64.9 Å². The van der Waals surface area contributed by atoms with Crippen molar-refractivity contribution < 1.29 is 14.0 Å². The van der Waals surface area contributed by atoms with Gasteiger partial charge in [-0.15, -0.1) is 0 Å². The highest BCUT2D eigenvalue weighted by molar-refractivity contribution is 6.30. The van der Waals surface area contributed by atoms with Crippen LogP contribution in [-0.4, -0.2) is 18.4 Å². The summed E-state index contributed by atoms with van der Waals surface area (Å²) in [7, 11) is 0. The predicted molar refractivity (Wildman–Crippen MR) is 94.9 cm³/mol. The molecule has 0 radical (unpaired) electrons. The fourth-order valence-corrected chi connectivity index (χ4v) is 2.86. The summed E-state index contributed by atoms with van der Waals surface area (Å²) >= 11 is 5.93. The van der Waals surface area contributed by atoms with Crippen molar-refractivity contribution in [3.8, 4) is 0 Å². The first-order chi connectivity index (χ1) is 12.0. The van der Waals surface area contributed by atoms with Crippen molar-refractivity contribution in [2.24, 2.45) is 5.41 Å². The molecule has 4 nitrogen and oxygen atoms in total. The number of amides is 2. The highest BCUT2D eigenvalue weighted by atomic mass is 35.5. The molecule has 0 saturated heterocycles. The zero-order valence-electron chi connectivity index (χ0n) is 13.5. The summed E-state index contributed by atoms with van der Waals surface area (Å²) in [6.45, 7) is 0.435. The monoisotopic (exact) mass is 360 g/mol. The molecule has 0 aliphatic heterocycles. The van der Waals surface area contributed by atoms with Gasteiger partial charge in [0, 0.05) is 17.3 Å². The van der Waals surface area contributed by atoms with E-state index in [1.54, 1.807) is 6.07 Å². The Labute approximate surface area is 150 Å². The lowest BCUT2D eigenvalue weighted by molar-refractivity contribution is -0.134. The maximum Gasteiger partial charge on any atom is 0.240 e. The molecule has 0 spiro atoms. The molecule has 1 aliphatic carbocycles. The van der Waals surface area contributed by atoms with Crippen molar-refractivity contribution in [1.29, 1.82) is 0 Å². The van der Waals surface area contributed by atoms with E-state index < -0.39 is 5.41 Å². The lowest BCUT2D eigenvalue weighted by atomic mass is 10.0. The Morgan fingerprint density at radius 3 is 2.44 bits per heavy atom. The zero-order valence-corrected chi connectivity index (χ0v) is 14.3. The van der Waals surface area contributed by atoms with E-state index in [0.29, 0.717) is 36.5 Å². The largest absolute Gasteiger partial charge is 0.355 e. The minimum atomic E-state index is -1.01. The van der Waals surface area contributed by atoms with Gasteiger partial charge in [0.1, 0.15) is 11.2 Å². The third-order valence-corrected chi connectivity index (χ3v) is 4.54. The number of hydrogen-bond donors (Lipinski definition) is 2. The second-order valence-electron chi connectivity index (χ2n) is 6.18. The number of carbonyl (C=O) groups is 2. The minimum Gasteiger partial charge on any atom is -0.355 e. The van der Waals surface area contributed by atoms with Crippen LogP contribution in [0, 0.1) is 11.2 Å². The molecular weight excluding hydrogens is 343 g/mol. The van der Waals surface area contributed by atoms with Crippen LogP contribution in [0.25, 0.3) is 0 Å². The van der Waals surface area contributed by atoms with E-state index in [-0.39, 0.29) is 17.6 Å². The molecule has 0 unspecified atom stereocenters. The highest BCUT2D eigenvalue weighted by Gasteiger charge is 2.56. The normalized spacial score (nSPS) is 14.6. The lowest BCUT2D eigenvalue weighted by Crippen LogP contribution is -2.40. The summed E-state index contributed by atoms with van der Waals surface area (Å²) in [5.41, 5.74) is 0.487. The van der Waals surface area contributed by atoms with Crippen molar-refractivity contribution in [3.63, 3.8) is 0 Å². The first-order valence-electron chi connectivity index (χ1n) is 8.09. The second-order valence-corrected chi connectivity index (χ2v) is 6.62. The van der Waals surface area contributed by atoms with Gasteiger partial charge in [-0.05, 0) is 61.2 Å². The van der Waals surface area contributed by atoms with Crippen LogP contribution in [-0.2, 0) is 16.0 Å². The van der Waals surface area contributed by atoms with Crippen molar-refractivity contribution in [1.82, 2.24) is 5.32 Å². The number of halogens is 2. The number of carbonyl (C=O) groups excluding carboxylic acids is 2. The molecule has 3 rings (SSSR count). The molecule has 2 aromatic carbocycles. The van der Waals surface area contributed by atoms with Gasteiger partial charge in [0.05, 0.1) is 0 Å². The van der Waals surface area contributed by atoms with Gasteiger partial charge < -0.3 is 10.6 Å². The molecule has 2 aromatic rings. The average Bonchev–Trinajstić information content (AvgIpc) is 3.39. The Hall–Kier alpha value is -2.40. The van der Waals surface area contributed by atoms with Crippen LogP contribution in [0.1, 0.15) is 18.4 Å². The summed E-state index contributed by atoms with van der Waals surface area (Å²) in [4.78, 5) is 24.8. The van der Waals surface area contributed by atoms with Crippen LogP contribution in [0.2, 0.25) is 5.02 Å². The summed E-state index contributed by atoms with van der Waals surface area (Å²) < 4.78 is 12.9. The Morgan fingerprint density at radius 2 is 1.80 bits per heavy atom. The SMILES string of the molecule is O=C(NCCc1cccc(Cl)c1)C1(C(=O)Nc2ccc(F)cc2)CC1. The maximum absolute atomic E-state index is 12.9.